The molecule has 0 atom stereocenters. The van der Waals surface area contributed by atoms with Crippen LogP contribution in [0.2, 0.25) is 0 Å². The molecule has 6 nitrogen and oxygen atoms in total. The number of amides is 1. The van der Waals surface area contributed by atoms with E-state index in [-0.39, 0.29) is 16.8 Å². The number of rotatable bonds is 5. The number of benzene rings is 2. The molecule has 154 valence electrons. The molecule has 9 heteroatoms. The van der Waals surface area contributed by atoms with E-state index in [2.05, 4.69) is 21.5 Å². The molecule has 0 saturated carbocycles. The zero-order valence-corrected chi connectivity index (χ0v) is 17.1. The second-order valence-electron chi connectivity index (χ2n) is 6.76. The molecule has 1 N–H and O–H groups in total. The minimum atomic E-state index is -0.799. The third-order valence-corrected chi connectivity index (χ3v) is 5.41. The van der Waals surface area contributed by atoms with Gasteiger partial charge in [0.1, 0.15) is 17.3 Å². The summed E-state index contributed by atoms with van der Waals surface area (Å²) in [7, 11) is 1.61. The van der Waals surface area contributed by atoms with Crippen molar-refractivity contribution >= 4 is 22.4 Å². The Bertz CT molecular complexity index is 1300. The number of halogens is 2. The molecular weight excluding hydrogens is 420 g/mol. The summed E-state index contributed by atoms with van der Waals surface area (Å²) in [5.74, 6) is -2.00. The van der Waals surface area contributed by atoms with Gasteiger partial charge in [-0.25, -0.2) is 13.8 Å². The second kappa shape index (κ2) is 8.45. The van der Waals surface area contributed by atoms with Gasteiger partial charge in [0.25, 0.3) is 5.91 Å². The Morgan fingerprint density at radius 1 is 1.23 bits per heavy atom. The smallest absolute Gasteiger partial charge is 0.261 e. The largest absolute Gasteiger partial charge is 0.298 e. The summed E-state index contributed by atoms with van der Waals surface area (Å²) in [4.78, 5) is 18.0. The zero-order valence-electron chi connectivity index (χ0n) is 16.3. The highest BCUT2D eigenvalue weighted by Crippen LogP contribution is 2.27. The van der Waals surface area contributed by atoms with Crippen molar-refractivity contribution in [2.45, 2.75) is 6.42 Å². The summed E-state index contributed by atoms with van der Waals surface area (Å²) in [6.07, 6.45) is 3.75. The van der Waals surface area contributed by atoms with Crippen LogP contribution in [0.1, 0.15) is 26.4 Å². The van der Waals surface area contributed by atoms with Crippen molar-refractivity contribution in [1.82, 2.24) is 14.8 Å². The number of hydrogen-bond donors (Lipinski definition) is 1. The Balaban J connectivity index is 1.52. The highest BCUT2D eigenvalue weighted by molar-refractivity contribution is 7.15. The third kappa shape index (κ3) is 4.49. The number of carbonyl (C=O) groups is 1. The molecule has 1 amide bonds. The van der Waals surface area contributed by atoms with Crippen molar-refractivity contribution in [3.05, 3.63) is 88.1 Å². The van der Waals surface area contributed by atoms with Crippen LogP contribution in [-0.2, 0) is 13.5 Å². The first-order chi connectivity index (χ1) is 14.9. The molecule has 31 heavy (non-hydrogen) atoms. The molecular formula is C22H15F2N5OS. The van der Waals surface area contributed by atoms with E-state index in [4.69, 9.17) is 5.26 Å². The Morgan fingerprint density at radius 2 is 2.00 bits per heavy atom. The number of nitrogens with one attached hydrogen (secondary N) is 1. The van der Waals surface area contributed by atoms with Gasteiger partial charge in [-0.15, -0.1) is 11.3 Å². The van der Waals surface area contributed by atoms with E-state index in [0.29, 0.717) is 17.1 Å². The number of thiazole rings is 1. The highest BCUT2D eigenvalue weighted by Gasteiger charge is 2.21. The van der Waals surface area contributed by atoms with Crippen molar-refractivity contribution in [3.63, 3.8) is 0 Å². The predicted octanol–water partition coefficient (Wildman–Crippen LogP) is 4.54. The van der Waals surface area contributed by atoms with Crippen molar-refractivity contribution in [3.8, 4) is 17.3 Å². The van der Waals surface area contributed by atoms with Crippen LogP contribution >= 0.6 is 11.3 Å². The van der Waals surface area contributed by atoms with Crippen LogP contribution in [-0.4, -0.2) is 20.7 Å². The molecule has 0 aliphatic rings. The molecule has 4 rings (SSSR count). The van der Waals surface area contributed by atoms with E-state index in [9.17, 15) is 13.6 Å². The van der Waals surface area contributed by atoms with Gasteiger partial charge >= 0.3 is 0 Å². The van der Waals surface area contributed by atoms with Crippen LogP contribution in [0, 0.1) is 23.0 Å². The van der Waals surface area contributed by atoms with E-state index < -0.39 is 17.5 Å². The first kappa shape index (κ1) is 20.4. The second-order valence-corrected chi connectivity index (χ2v) is 7.88. The van der Waals surface area contributed by atoms with Gasteiger partial charge in [-0.05, 0) is 29.8 Å². The lowest BCUT2D eigenvalue weighted by molar-refractivity contribution is 0.102. The fourth-order valence-electron chi connectivity index (χ4n) is 3.04. The minimum Gasteiger partial charge on any atom is -0.298 e. The molecule has 0 spiro atoms. The van der Waals surface area contributed by atoms with Gasteiger partial charge in [0.15, 0.2) is 5.13 Å². The Morgan fingerprint density at radius 3 is 2.71 bits per heavy atom. The van der Waals surface area contributed by atoms with E-state index >= 15 is 0 Å². The lowest BCUT2D eigenvalue weighted by atomic mass is 10.1. The third-order valence-electron chi connectivity index (χ3n) is 4.50. The molecule has 0 unspecified atom stereocenters. The summed E-state index contributed by atoms with van der Waals surface area (Å²) in [5.41, 5.74) is 1.91. The molecule has 0 aliphatic heterocycles. The van der Waals surface area contributed by atoms with Crippen LogP contribution in [0.4, 0.5) is 13.9 Å². The topological polar surface area (TPSA) is 83.6 Å². The fraction of sp³-hybridized carbons (Fsp3) is 0.0909. The standard InChI is InChI=1S/C22H15F2N5OS/c1-29-12-18(20(28-29)17-7-6-15(23)9-19(17)24)21(30)27-22-26-11-16(31-22)8-13-2-4-14(10-25)5-3-13/h2-7,9,11-12H,8H2,1H3,(H,26,27,30). The van der Waals surface area contributed by atoms with Crippen molar-refractivity contribution in [2.24, 2.45) is 7.05 Å². The number of hydrogen-bond acceptors (Lipinski definition) is 5. The normalized spacial score (nSPS) is 10.6. The van der Waals surface area contributed by atoms with Gasteiger partial charge in [0, 0.05) is 42.4 Å². The summed E-state index contributed by atoms with van der Waals surface area (Å²) >= 11 is 1.32. The van der Waals surface area contributed by atoms with Crippen molar-refractivity contribution in [1.29, 1.82) is 5.26 Å². The average Bonchev–Trinajstić information content (AvgIpc) is 3.34. The SMILES string of the molecule is Cn1cc(C(=O)Nc2ncc(Cc3ccc(C#N)cc3)s2)c(-c2ccc(F)cc2F)n1. The van der Waals surface area contributed by atoms with Crippen LogP contribution in [0.25, 0.3) is 11.3 Å². The molecule has 0 bridgehead atoms. The molecule has 0 fully saturated rings. The molecule has 0 aliphatic carbocycles. The quantitative estimate of drug-likeness (QED) is 0.499. The van der Waals surface area contributed by atoms with Gasteiger partial charge in [0.2, 0.25) is 0 Å². The van der Waals surface area contributed by atoms with Crippen LogP contribution in [0.15, 0.2) is 54.9 Å². The number of aromatic nitrogens is 3. The van der Waals surface area contributed by atoms with E-state index in [0.717, 1.165) is 22.6 Å². The van der Waals surface area contributed by atoms with E-state index in [1.54, 1.807) is 25.4 Å². The molecule has 2 heterocycles. The Hall–Kier alpha value is -3.90. The summed E-state index contributed by atoms with van der Waals surface area (Å²) in [5, 5.41) is 16.1. The number of anilines is 1. The summed E-state index contributed by atoms with van der Waals surface area (Å²) in [6.45, 7) is 0. The Labute approximate surface area is 180 Å². The summed E-state index contributed by atoms with van der Waals surface area (Å²) < 4.78 is 28.9. The monoisotopic (exact) mass is 435 g/mol. The minimum absolute atomic E-state index is 0.0350. The number of nitriles is 1. The van der Waals surface area contributed by atoms with Crippen LogP contribution in [0.5, 0.6) is 0 Å². The van der Waals surface area contributed by atoms with Crippen LogP contribution in [0.3, 0.4) is 0 Å². The van der Waals surface area contributed by atoms with Crippen molar-refractivity contribution < 1.29 is 13.6 Å². The van der Waals surface area contributed by atoms with Gasteiger partial charge in [-0.2, -0.15) is 10.4 Å². The molecule has 0 radical (unpaired) electrons. The lowest BCUT2D eigenvalue weighted by Gasteiger charge is -2.04. The van der Waals surface area contributed by atoms with Gasteiger partial charge < -0.3 is 0 Å². The zero-order chi connectivity index (χ0) is 22.0. The lowest BCUT2D eigenvalue weighted by Crippen LogP contribution is -2.12. The van der Waals surface area contributed by atoms with Gasteiger partial charge in [-0.3, -0.25) is 14.8 Å². The Kier molecular flexibility index (Phi) is 5.56. The molecule has 0 saturated heterocycles. The summed E-state index contributed by atoms with van der Waals surface area (Å²) in [6, 6.07) is 12.4. The molecule has 4 aromatic rings. The van der Waals surface area contributed by atoms with Gasteiger partial charge in [-0.1, -0.05) is 12.1 Å². The molecule has 2 aromatic heterocycles. The first-order valence-corrected chi connectivity index (χ1v) is 9.99. The highest BCUT2D eigenvalue weighted by atomic mass is 32.1. The number of aryl methyl sites for hydroxylation is 1. The maximum absolute atomic E-state index is 14.2. The average molecular weight is 435 g/mol. The fourth-order valence-corrected chi connectivity index (χ4v) is 3.89. The van der Waals surface area contributed by atoms with E-state index in [1.165, 1.54) is 28.3 Å². The van der Waals surface area contributed by atoms with Gasteiger partial charge in [0.05, 0.1) is 17.2 Å². The number of nitrogens with zero attached hydrogens (tertiary/aromatic N) is 4. The predicted molar refractivity (Wildman–Crippen MR) is 113 cm³/mol. The van der Waals surface area contributed by atoms with Crippen LogP contribution < -0.4 is 5.32 Å². The number of carbonyl (C=O) groups excluding carboxylic acids is 1. The van der Waals surface area contributed by atoms with Crippen molar-refractivity contribution in [2.75, 3.05) is 5.32 Å². The first-order valence-electron chi connectivity index (χ1n) is 9.17. The van der Waals surface area contributed by atoms with E-state index in [1.807, 2.05) is 12.1 Å². The maximum atomic E-state index is 14.2. The maximum Gasteiger partial charge on any atom is 0.261 e. The molecule has 2 aromatic carbocycles.